The van der Waals surface area contributed by atoms with Gasteiger partial charge in [0.15, 0.2) is 5.69 Å². The van der Waals surface area contributed by atoms with Crippen molar-refractivity contribution in [3.05, 3.63) is 20.8 Å². The van der Waals surface area contributed by atoms with Crippen LogP contribution in [0.4, 0.5) is 11.5 Å². The van der Waals surface area contributed by atoms with Crippen molar-refractivity contribution in [2.75, 3.05) is 23.1 Å². The summed E-state index contributed by atoms with van der Waals surface area (Å²) in [6.45, 7) is 4.87. The highest BCUT2D eigenvalue weighted by molar-refractivity contribution is 6.18. The molecule has 7 nitrogen and oxygen atoms in total. The fourth-order valence-corrected chi connectivity index (χ4v) is 2.74. The number of hydrogen-bond acceptors (Lipinski definition) is 4. The molecule has 1 aromatic heterocycles. The Morgan fingerprint density at radius 3 is 2.44 bits per heavy atom. The normalized spacial score (nSPS) is 10.8. The molecule has 0 saturated carbocycles. The van der Waals surface area contributed by atoms with Gasteiger partial charge in [-0.05, 0) is 19.3 Å². The maximum Gasteiger partial charge on any atom is 0.330 e. The summed E-state index contributed by atoms with van der Waals surface area (Å²) in [4.78, 5) is 40.7. The summed E-state index contributed by atoms with van der Waals surface area (Å²) in [6, 6.07) is 0. The molecular formula is C17H29ClN4O3. The minimum atomic E-state index is -0.619. The second kappa shape index (κ2) is 11.0. The van der Waals surface area contributed by atoms with E-state index in [0.29, 0.717) is 25.4 Å². The minimum Gasteiger partial charge on any atom is -0.383 e. The van der Waals surface area contributed by atoms with Gasteiger partial charge in [0, 0.05) is 25.4 Å². The molecule has 142 valence electrons. The van der Waals surface area contributed by atoms with E-state index in [-0.39, 0.29) is 23.8 Å². The number of H-pyrrole nitrogens is 1. The van der Waals surface area contributed by atoms with Crippen LogP contribution in [0.1, 0.15) is 58.8 Å². The van der Waals surface area contributed by atoms with E-state index in [2.05, 4.69) is 11.9 Å². The van der Waals surface area contributed by atoms with Crippen LogP contribution in [0.2, 0.25) is 0 Å². The first-order valence-electron chi connectivity index (χ1n) is 8.96. The second-order valence-corrected chi connectivity index (χ2v) is 6.42. The first-order valence-corrected chi connectivity index (χ1v) is 9.50. The molecule has 0 aromatic carbocycles. The standard InChI is InChI=1S/C17H29ClN4O3/c1-3-5-7-12-21(13(23)9-8-10-18)14-15(19)22(11-6-4-2)17(25)20-16(14)24/h3-12,19H2,1-2H3,(H,20,24,25). The minimum absolute atomic E-state index is 0.0536. The first-order chi connectivity index (χ1) is 12.0. The number of nitrogens with one attached hydrogen (secondary N) is 1. The predicted molar refractivity (Wildman–Crippen MR) is 102 cm³/mol. The van der Waals surface area contributed by atoms with E-state index in [0.717, 1.165) is 32.1 Å². The second-order valence-electron chi connectivity index (χ2n) is 6.04. The highest BCUT2D eigenvalue weighted by Crippen LogP contribution is 2.19. The van der Waals surface area contributed by atoms with Gasteiger partial charge in [-0.15, -0.1) is 11.6 Å². The molecule has 0 saturated heterocycles. The Bertz CT molecular complexity index is 669. The lowest BCUT2D eigenvalue weighted by molar-refractivity contribution is -0.118. The Balaban J connectivity index is 3.28. The third-order valence-electron chi connectivity index (χ3n) is 4.03. The summed E-state index contributed by atoms with van der Waals surface area (Å²) in [5.41, 5.74) is 5.04. The molecule has 0 bridgehead atoms. The van der Waals surface area contributed by atoms with Gasteiger partial charge in [0.05, 0.1) is 0 Å². The first kappa shape index (κ1) is 21.3. The summed E-state index contributed by atoms with van der Waals surface area (Å²) < 4.78 is 1.34. The molecule has 1 rings (SSSR count). The van der Waals surface area contributed by atoms with Gasteiger partial charge in [0.1, 0.15) is 5.82 Å². The number of carbonyl (C=O) groups excluding carboxylic acids is 1. The Labute approximate surface area is 153 Å². The number of aromatic amines is 1. The van der Waals surface area contributed by atoms with Crippen molar-refractivity contribution in [1.82, 2.24) is 9.55 Å². The lowest BCUT2D eigenvalue weighted by atomic mass is 10.2. The fourth-order valence-electron chi connectivity index (χ4n) is 2.61. The van der Waals surface area contributed by atoms with Gasteiger partial charge in [-0.2, -0.15) is 0 Å². The predicted octanol–water partition coefficient (Wildman–Crippen LogP) is 2.46. The number of aromatic nitrogens is 2. The van der Waals surface area contributed by atoms with Crippen LogP contribution in [-0.4, -0.2) is 27.9 Å². The van der Waals surface area contributed by atoms with Crippen LogP contribution in [0.5, 0.6) is 0 Å². The van der Waals surface area contributed by atoms with Crippen molar-refractivity contribution in [2.45, 2.75) is 65.3 Å². The average Bonchev–Trinajstić information content (AvgIpc) is 2.58. The molecule has 1 heterocycles. The molecule has 0 unspecified atom stereocenters. The van der Waals surface area contributed by atoms with Crippen molar-refractivity contribution in [3.8, 4) is 0 Å². The summed E-state index contributed by atoms with van der Waals surface area (Å²) >= 11 is 5.68. The van der Waals surface area contributed by atoms with Crippen LogP contribution in [-0.2, 0) is 11.3 Å². The Morgan fingerprint density at radius 1 is 1.16 bits per heavy atom. The van der Waals surface area contributed by atoms with Crippen LogP contribution in [0, 0.1) is 0 Å². The lowest BCUT2D eigenvalue weighted by Crippen LogP contribution is -2.41. The fraction of sp³-hybridized carbons (Fsp3) is 0.706. The molecule has 0 fully saturated rings. The van der Waals surface area contributed by atoms with E-state index < -0.39 is 11.2 Å². The lowest BCUT2D eigenvalue weighted by Gasteiger charge is -2.24. The average molecular weight is 373 g/mol. The van der Waals surface area contributed by atoms with Crippen molar-refractivity contribution < 1.29 is 4.79 Å². The van der Waals surface area contributed by atoms with Crippen molar-refractivity contribution >= 4 is 29.0 Å². The van der Waals surface area contributed by atoms with Crippen molar-refractivity contribution in [1.29, 1.82) is 0 Å². The van der Waals surface area contributed by atoms with E-state index in [1.165, 1.54) is 9.47 Å². The molecule has 0 aliphatic rings. The summed E-state index contributed by atoms with van der Waals surface area (Å²) in [7, 11) is 0. The number of unbranched alkanes of at least 4 members (excludes halogenated alkanes) is 3. The Kier molecular flexibility index (Phi) is 9.34. The van der Waals surface area contributed by atoms with Gasteiger partial charge < -0.3 is 10.6 Å². The van der Waals surface area contributed by atoms with Crippen LogP contribution < -0.4 is 21.9 Å². The van der Waals surface area contributed by atoms with E-state index in [1.807, 2.05) is 6.92 Å². The van der Waals surface area contributed by atoms with Gasteiger partial charge in [-0.3, -0.25) is 19.1 Å². The number of halogens is 1. The summed E-state index contributed by atoms with van der Waals surface area (Å²) in [5, 5.41) is 0. The molecule has 0 atom stereocenters. The number of nitrogen functional groups attached to an aromatic ring is 1. The smallest absolute Gasteiger partial charge is 0.330 e. The number of nitrogens with two attached hydrogens (primary N) is 1. The molecule has 1 aromatic rings. The number of alkyl halides is 1. The topological polar surface area (TPSA) is 101 Å². The van der Waals surface area contributed by atoms with Gasteiger partial charge >= 0.3 is 5.69 Å². The van der Waals surface area contributed by atoms with Gasteiger partial charge in [0.25, 0.3) is 5.56 Å². The highest BCUT2D eigenvalue weighted by Gasteiger charge is 2.23. The molecule has 0 spiro atoms. The maximum atomic E-state index is 12.6. The third-order valence-corrected chi connectivity index (χ3v) is 4.30. The molecule has 0 radical (unpaired) electrons. The highest BCUT2D eigenvalue weighted by atomic mass is 35.5. The largest absolute Gasteiger partial charge is 0.383 e. The number of hydrogen-bond donors (Lipinski definition) is 2. The van der Waals surface area contributed by atoms with E-state index in [9.17, 15) is 14.4 Å². The Hall–Kier alpha value is -1.76. The van der Waals surface area contributed by atoms with Gasteiger partial charge in [-0.25, -0.2) is 4.79 Å². The van der Waals surface area contributed by atoms with Crippen molar-refractivity contribution in [3.63, 3.8) is 0 Å². The zero-order valence-corrected chi connectivity index (χ0v) is 15.9. The molecule has 25 heavy (non-hydrogen) atoms. The SMILES string of the molecule is CCCCCN(C(=O)CCCCl)c1c(N)n(CCCC)c(=O)[nH]c1=O. The van der Waals surface area contributed by atoms with E-state index in [4.69, 9.17) is 17.3 Å². The molecule has 3 N–H and O–H groups in total. The molecule has 0 aliphatic heterocycles. The summed E-state index contributed by atoms with van der Waals surface area (Å²) in [5.74, 6) is 0.226. The van der Waals surface area contributed by atoms with E-state index in [1.54, 1.807) is 0 Å². The zero-order valence-electron chi connectivity index (χ0n) is 15.1. The molecule has 0 aliphatic carbocycles. The number of carbonyl (C=O) groups is 1. The van der Waals surface area contributed by atoms with Crippen LogP contribution in [0.15, 0.2) is 9.59 Å². The Morgan fingerprint density at radius 2 is 1.84 bits per heavy atom. The zero-order chi connectivity index (χ0) is 18.8. The van der Waals surface area contributed by atoms with E-state index >= 15 is 0 Å². The molecular weight excluding hydrogens is 344 g/mol. The number of nitrogens with zero attached hydrogens (tertiary/aromatic N) is 2. The van der Waals surface area contributed by atoms with Gasteiger partial charge in [-0.1, -0.05) is 33.1 Å². The van der Waals surface area contributed by atoms with Gasteiger partial charge in [0.2, 0.25) is 5.91 Å². The molecule has 8 heteroatoms. The number of rotatable bonds is 11. The van der Waals surface area contributed by atoms with Crippen molar-refractivity contribution in [2.24, 2.45) is 0 Å². The summed E-state index contributed by atoms with van der Waals surface area (Å²) in [6.07, 6.45) is 5.09. The third kappa shape index (κ3) is 5.92. The quantitative estimate of drug-likeness (QED) is 0.460. The monoisotopic (exact) mass is 372 g/mol. The molecule has 1 amide bonds. The number of anilines is 2. The van der Waals surface area contributed by atoms with Crippen LogP contribution >= 0.6 is 11.6 Å². The number of amides is 1. The van der Waals surface area contributed by atoms with Crippen LogP contribution in [0.3, 0.4) is 0 Å². The van der Waals surface area contributed by atoms with Crippen LogP contribution in [0.25, 0.3) is 0 Å². The maximum absolute atomic E-state index is 12.6.